The molecule has 1 saturated heterocycles. The molecule has 3 nitrogen and oxygen atoms in total. The number of carbonyl (C=O) groups is 1. The summed E-state index contributed by atoms with van der Waals surface area (Å²) in [6.07, 6.45) is -4.37. The predicted octanol–water partition coefficient (Wildman–Crippen LogP) is 1.75. The summed E-state index contributed by atoms with van der Waals surface area (Å²) in [5.41, 5.74) is -0.468. The molecule has 0 saturated carbocycles. The van der Waals surface area contributed by atoms with Crippen molar-refractivity contribution in [2.45, 2.75) is 12.2 Å². The molecule has 1 fully saturated rings. The van der Waals surface area contributed by atoms with Crippen LogP contribution >= 0.6 is 0 Å². The Morgan fingerprint density at radius 3 is 2.22 bits per heavy atom. The Kier molecular flexibility index (Phi) is 3.30. The highest BCUT2D eigenvalue weighted by atomic mass is 19.4. The molecule has 18 heavy (non-hydrogen) atoms. The van der Waals surface area contributed by atoms with Crippen molar-refractivity contribution >= 4 is 5.91 Å². The summed E-state index contributed by atoms with van der Waals surface area (Å²) in [6, 6.07) is 4.42. The molecular formula is C12H13F3N2O. The highest BCUT2D eigenvalue weighted by Gasteiger charge is 2.31. The van der Waals surface area contributed by atoms with E-state index in [1.807, 2.05) is 0 Å². The van der Waals surface area contributed by atoms with Gasteiger partial charge >= 0.3 is 6.18 Å². The minimum Gasteiger partial charge on any atom is -0.336 e. The molecule has 0 atom stereocenters. The number of nitrogens with zero attached hydrogens (tertiary/aromatic N) is 1. The summed E-state index contributed by atoms with van der Waals surface area (Å²) in [5.74, 6) is -0.254. The van der Waals surface area contributed by atoms with E-state index < -0.39 is 11.7 Å². The smallest absolute Gasteiger partial charge is 0.336 e. The molecule has 2 rings (SSSR count). The van der Waals surface area contributed by atoms with Crippen LogP contribution in [0.15, 0.2) is 24.3 Å². The zero-order chi connectivity index (χ0) is 13.3. The molecule has 1 heterocycles. The maximum atomic E-state index is 12.4. The minimum atomic E-state index is -4.37. The van der Waals surface area contributed by atoms with Crippen LogP contribution in [-0.2, 0) is 6.18 Å². The first-order valence-electron chi connectivity index (χ1n) is 5.55. The van der Waals surface area contributed by atoms with Crippen LogP contribution in [0.1, 0.15) is 15.9 Å². The number of carbonyl (C=O) groups excluding carboxylic acids is 1. The molecule has 1 N–H and O–H groups in total. The van der Waals surface area contributed by atoms with Crippen LogP contribution in [0, 0.1) is 0 Å². The lowest BCUT2D eigenvalue weighted by Gasteiger charge is -2.35. The lowest BCUT2D eigenvalue weighted by atomic mass is 10.1. The van der Waals surface area contributed by atoms with Gasteiger partial charge in [0.25, 0.3) is 5.91 Å². The lowest BCUT2D eigenvalue weighted by Crippen LogP contribution is -2.57. The molecule has 1 aliphatic heterocycles. The molecular weight excluding hydrogens is 245 g/mol. The number of alkyl halides is 3. The zero-order valence-corrected chi connectivity index (χ0v) is 9.79. The van der Waals surface area contributed by atoms with Gasteiger partial charge in [0, 0.05) is 25.7 Å². The van der Waals surface area contributed by atoms with E-state index in [1.165, 1.54) is 12.1 Å². The van der Waals surface area contributed by atoms with Crippen molar-refractivity contribution in [1.29, 1.82) is 0 Å². The molecule has 98 valence electrons. The molecule has 0 unspecified atom stereocenters. The summed E-state index contributed by atoms with van der Waals surface area (Å²) < 4.78 is 37.1. The molecule has 1 aliphatic rings. The fourth-order valence-corrected chi connectivity index (χ4v) is 1.72. The van der Waals surface area contributed by atoms with Crippen LogP contribution in [0.5, 0.6) is 0 Å². The molecule has 1 amide bonds. The van der Waals surface area contributed by atoms with Crippen LogP contribution in [0.2, 0.25) is 0 Å². The number of nitrogens with one attached hydrogen (secondary N) is 1. The van der Waals surface area contributed by atoms with Gasteiger partial charge in [0.15, 0.2) is 0 Å². The number of likely N-dealkylation sites (N-methyl/N-ethyl adjacent to an activating group) is 1. The topological polar surface area (TPSA) is 32.3 Å². The molecule has 6 heteroatoms. The second kappa shape index (κ2) is 4.61. The normalized spacial score (nSPS) is 16.2. The standard InChI is InChI=1S/C12H13F3N2O/c1-17(10-6-16-7-10)11(18)8-2-4-9(5-3-8)12(13,14)15/h2-5,10,16H,6-7H2,1H3. The minimum absolute atomic E-state index is 0.125. The third-order valence-electron chi connectivity index (χ3n) is 3.09. The van der Waals surface area contributed by atoms with Gasteiger partial charge in [0.1, 0.15) is 0 Å². The number of rotatable bonds is 2. The summed E-state index contributed by atoms with van der Waals surface area (Å²) >= 11 is 0. The average Bonchev–Trinajstić information content (AvgIpc) is 2.24. The van der Waals surface area contributed by atoms with E-state index in [4.69, 9.17) is 0 Å². The quantitative estimate of drug-likeness (QED) is 0.876. The van der Waals surface area contributed by atoms with Crippen LogP contribution < -0.4 is 5.32 Å². The number of halogens is 3. The van der Waals surface area contributed by atoms with Crippen molar-refractivity contribution in [2.24, 2.45) is 0 Å². The van der Waals surface area contributed by atoms with E-state index in [0.717, 1.165) is 25.2 Å². The van der Waals surface area contributed by atoms with Gasteiger partial charge < -0.3 is 10.2 Å². The SMILES string of the molecule is CN(C(=O)c1ccc(C(F)(F)F)cc1)C1CNC1. The van der Waals surface area contributed by atoms with Crippen LogP contribution in [-0.4, -0.2) is 37.0 Å². The molecule has 0 radical (unpaired) electrons. The Morgan fingerprint density at radius 2 is 1.83 bits per heavy atom. The van der Waals surface area contributed by atoms with Gasteiger partial charge in [-0.15, -0.1) is 0 Å². The molecule has 1 aromatic carbocycles. The van der Waals surface area contributed by atoms with E-state index in [9.17, 15) is 18.0 Å². The summed E-state index contributed by atoms with van der Waals surface area (Å²) in [5, 5.41) is 3.03. The Bertz CT molecular complexity index is 438. The second-order valence-electron chi connectivity index (χ2n) is 4.30. The van der Waals surface area contributed by atoms with Gasteiger partial charge in [0.2, 0.25) is 0 Å². The van der Waals surface area contributed by atoms with Gasteiger partial charge in [-0.25, -0.2) is 0 Å². The van der Waals surface area contributed by atoms with Gasteiger partial charge in [-0.2, -0.15) is 13.2 Å². The van der Waals surface area contributed by atoms with E-state index in [1.54, 1.807) is 11.9 Å². The van der Waals surface area contributed by atoms with Gasteiger partial charge in [-0.05, 0) is 24.3 Å². The van der Waals surface area contributed by atoms with Crippen LogP contribution in [0.25, 0.3) is 0 Å². The third kappa shape index (κ3) is 2.48. The molecule has 0 bridgehead atoms. The summed E-state index contributed by atoms with van der Waals surface area (Å²) in [7, 11) is 1.66. The van der Waals surface area contributed by atoms with Crippen molar-refractivity contribution < 1.29 is 18.0 Å². The summed E-state index contributed by atoms with van der Waals surface area (Å²) in [4.78, 5) is 13.5. The highest BCUT2D eigenvalue weighted by Crippen LogP contribution is 2.29. The fourth-order valence-electron chi connectivity index (χ4n) is 1.72. The van der Waals surface area contributed by atoms with Gasteiger partial charge in [0.05, 0.1) is 11.6 Å². The third-order valence-corrected chi connectivity index (χ3v) is 3.09. The zero-order valence-electron chi connectivity index (χ0n) is 9.79. The largest absolute Gasteiger partial charge is 0.416 e. The molecule has 1 aromatic rings. The second-order valence-corrected chi connectivity index (χ2v) is 4.30. The van der Waals surface area contributed by atoms with Crippen molar-refractivity contribution in [3.05, 3.63) is 35.4 Å². The van der Waals surface area contributed by atoms with Crippen LogP contribution in [0.3, 0.4) is 0 Å². The van der Waals surface area contributed by atoms with Crippen molar-refractivity contribution in [1.82, 2.24) is 10.2 Å². The first-order chi connectivity index (χ1) is 8.39. The highest BCUT2D eigenvalue weighted by molar-refractivity contribution is 5.94. The number of hydrogen-bond donors (Lipinski definition) is 1. The first kappa shape index (κ1) is 12.9. The van der Waals surface area contributed by atoms with E-state index >= 15 is 0 Å². The van der Waals surface area contributed by atoms with Crippen molar-refractivity contribution in [3.63, 3.8) is 0 Å². The van der Waals surface area contributed by atoms with E-state index in [-0.39, 0.29) is 17.5 Å². The van der Waals surface area contributed by atoms with Crippen molar-refractivity contribution in [2.75, 3.05) is 20.1 Å². The maximum absolute atomic E-state index is 12.4. The van der Waals surface area contributed by atoms with Crippen LogP contribution in [0.4, 0.5) is 13.2 Å². The van der Waals surface area contributed by atoms with E-state index in [2.05, 4.69) is 5.32 Å². The lowest BCUT2D eigenvalue weighted by molar-refractivity contribution is -0.137. The summed E-state index contributed by atoms with van der Waals surface area (Å²) in [6.45, 7) is 1.45. The maximum Gasteiger partial charge on any atom is 0.416 e. The fraction of sp³-hybridized carbons (Fsp3) is 0.417. The number of amides is 1. The monoisotopic (exact) mass is 258 g/mol. The van der Waals surface area contributed by atoms with E-state index in [0.29, 0.717) is 0 Å². The predicted molar refractivity (Wildman–Crippen MR) is 60.2 cm³/mol. The average molecular weight is 258 g/mol. The number of hydrogen-bond acceptors (Lipinski definition) is 2. The Labute approximate surface area is 103 Å². The molecule has 0 aromatic heterocycles. The first-order valence-corrected chi connectivity index (χ1v) is 5.55. The van der Waals surface area contributed by atoms with Gasteiger partial charge in [-0.3, -0.25) is 4.79 Å². The Morgan fingerprint density at radius 1 is 1.28 bits per heavy atom. The van der Waals surface area contributed by atoms with Crippen molar-refractivity contribution in [3.8, 4) is 0 Å². The Hall–Kier alpha value is -1.56. The molecule has 0 aliphatic carbocycles. The number of benzene rings is 1. The Balaban J connectivity index is 2.11. The van der Waals surface area contributed by atoms with Gasteiger partial charge in [-0.1, -0.05) is 0 Å². The molecule has 0 spiro atoms.